The van der Waals surface area contributed by atoms with E-state index in [0.29, 0.717) is 11.4 Å². The molecule has 0 aliphatic rings. The van der Waals surface area contributed by atoms with Crippen LogP contribution in [-0.4, -0.2) is 16.1 Å². The van der Waals surface area contributed by atoms with Crippen LogP contribution in [0.5, 0.6) is 5.75 Å². The first-order chi connectivity index (χ1) is 8.15. The molecule has 5 heteroatoms. The minimum atomic E-state index is -1.19. The van der Waals surface area contributed by atoms with Gasteiger partial charge in [-0.2, -0.15) is 0 Å². The fraction of sp³-hybridized carbons (Fsp3) is 0.167. The van der Waals surface area contributed by atoms with Crippen molar-refractivity contribution in [2.45, 2.75) is 13.5 Å². The molecule has 88 valence electrons. The summed E-state index contributed by atoms with van der Waals surface area (Å²) in [6.07, 6.45) is 1.28. The molecule has 0 radical (unpaired) electrons. The number of carboxylic acid groups (broad SMARTS) is 1. The molecule has 0 atom stereocenters. The maximum Gasteiger partial charge on any atom is 0.392 e. The Hall–Kier alpha value is -2.30. The predicted molar refractivity (Wildman–Crippen MR) is 59.0 cm³/mol. The Bertz CT molecular complexity index is 516. The molecule has 0 aliphatic carbocycles. The van der Waals surface area contributed by atoms with E-state index in [1.807, 2.05) is 31.2 Å². The number of carboxylic acids is 1. The van der Waals surface area contributed by atoms with Crippen LogP contribution in [0, 0.1) is 6.92 Å². The van der Waals surface area contributed by atoms with Gasteiger partial charge in [0.25, 0.3) is 0 Å². The lowest BCUT2D eigenvalue weighted by Gasteiger charge is -2.03. The first-order valence-electron chi connectivity index (χ1n) is 5.02. The SMILES string of the molecule is Cc1ccc(OCc2coc(C(=O)O)n2)cc1. The van der Waals surface area contributed by atoms with Crippen LogP contribution in [0.1, 0.15) is 21.9 Å². The Morgan fingerprint density at radius 1 is 1.41 bits per heavy atom. The number of benzene rings is 1. The maximum atomic E-state index is 10.5. The molecule has 0 unspecified atom stereocenters. The summed E-state index contributed by atoms with van der Waals surface area (Å²) in [6.45, 7) is 2.17. The summed E-state index contributed by atoms with van der Waals surface area (Å²) in [6, 6.07) is 7.54. The van der Waals surface area contributed by atoms with E-state index in [9.17, 15) is 4.79 Å². The van der Waals surface area contributed by atoms with Crippen LogP contribution in [-0.2, 0) is 6.61 Å². The molecule has 1 N–H and O–H groups in total. The van der Waals surface area contributed by atoms with Crippen LogP contribution in [0.2, 0.25) is 0 Å². The van der Waals surface area contributed by atoms with E-state index in [4.69, 9.17) is 14.3 Å². The molecular weight excluding hydrogens is 222 g/mol. The number of aryl methyl sites for hydroxylation is 1. The van der Waals surface area contributed by atoms with Gasteiger partial charge < -0.3 is 14.3 Å². The summed E-state index contributed by atoms with van der Waals surface area (Å²) in [5, 5.41) is 8.62. The lowest BCUT2D eigenvalue weighted by molar-refractivity contribution is 0.0653. The number of hydrogen-bond acceptors (Lipinski definition) is 4. The van der Waals surface area contributed by atoms with Gasteiger partial charge in [0, 0.05) is 0 Å². The Kier molecular flexibility index (Phi) is 3.09. The van der Waals surface area contributed by atoms with Crippen molar-refractivity contribution in [2.24, 2.45) is 0 Å². The van der Waals surface area contributed by atoms with Gasteiger partial charge in [0.2, 0.25) is 0 Å². The third-order valence-electron chi connectivity index (χ3n) is 2.14. The Labute approximate surface area is 97.7 Å². The number of hydrogen-bond donors (Lipinski definition) is 1. The summed E-state index contributed by atoms with van der Waals surface area (Å²) in [7, 11) is 0. The third-order valence-corrected chi connectivity index (χ3v) is 2.14. The molecule has 0 saturated heterocycles. The summed E-state index contributed by atoms with van der Waals surface area (Å²) in [5.74, 6) is -0.811. The van der Waals surface area contributed by atoms with Crippen LogP contribution < -0.4 is 4.74 Å². The van der Waals surface area contributed by atoms with Crippen molar-refractivity contribution in [3.05, 3.63) is 47.7 Å². The maximum absolute atomic E-state index is 10.5. The van der Waals surface area contributed by atoms with E-state index < -0.39 is 5.97 Å². The lowest BCUT2D eigenvalue weighted by atomic mass is 10.2. The van der Waals surface area contributed by atoms with Crippen molar-refractivity contribution >= 4 is 5.97 Å². The number of carbonyl (C=O) groups is 1. The number of ether oxygens (including phenoxy) is 1. The molecule has 2 rings (SSSR count). The molecule has 2 aromatic rings. The average Bonchev–Trinajstić information content (AvgIpc) is 2.77. The highest BCUT2D eigenvalue weighted by Crippen LogP contribution is 2.13. The highest BCUT2D eigenvalue weighted by atomic mass is 16.5. The smallest absolute Gasteiger partial charge is 0.392 e. The Balaban J connectivity index is 1.97. The molecule has 0 saturated carbocycles. The third kappa shape index (κ3) is 2.84. The normalized spacial score (nSPS) is 10.2. The highest BCUT2D eigenvalue weighted by molar-refractivity contribution is 5.82. The van der Waals surface area contributed by atoms with E-state index in [1.165, 1.54) is 6.26 Å². The molecule has 1 aromatic carbocycles. The first kappa shape index (κ1) is 11.2. The first-order valence-corrected chi connectivity index (χ1v) is 5.02. The monoisotopic (exact) mass is 233 g/mol. The Morgan fingerprint density at radius 2 is 2.12 bits per heavy atom. The minimum Gasteiger partial charge on any atom is -0.487 e. The number of aromatic carboxylic acids is 1. The van der Waals surface area contributed by atoms with Crippen LogP contribution >= 0.6 is 0 Å². The van der Waals surface area contributed by atoms with Gasteiger partial charge in [-0.3, -0.25) is 0 Å². The fourth-order valence-electron chi connectivity index (χ4n) is 1.26. The molecule has 0 bridgehead atoms. The topological polar surface area (TPSA) is 72.6 Å². The summed E-state index contributed by atoms with van der Waals surface area (Å²) in [4.78, 5) is 14.3. The van der Waals surface area contributed by atoms with Crippen molar-refractivity contribution in [2.75, 3.05) is 0 Å². The second-order valence-electron chi connectivity index (χ2n) is 3.55. The van der Waals surface area contributed by atoms with E-state index >= 15 is 0 Å². The average molecular weight is 233 g/mol. The van der Waals surface area contributed by atoms with Gasteiger partial charge in [0.15, 0.2) is 0 Å². The largest absolute Gasteiger partial charge is 0.487 e. The van der Waals surface area contributed by atoms with Crippen LogP contribution in [0.4, 0.5) is 0 Å². The van der Waals surface area contributed by atoms with Crippen LogP contribution in [0.25, 0.3) is 0 Å². The van der Waals surface area contributed by atoms with Crippen molar-refractivity contribution in [3.63, 3.8) is 0 Å². The zero-order valence-corrected chi connectivity index (χ0v) is 9.21. The molecule has 5 nitrogen and oxygen atoms in total. The van der Waals surface area contributed by atoms with Crippen molar-refractivity contribution in [1.29, 1.82) is 0 Å². The van der Waals surface area contributed by atoms with Gasteiger partial charge in [-0.25, -0.2) is 9.78 Å². The zero-order valence-electron chi connectivity index (χ0n) is 9.21. The summed E-state index contributed by atoms with van der Waals surface area (Å²) >= 11 is 0. The molecular formula is C12H11NO4. The highest BCUT2D eigenvalue weighted by Gasteiger charge is 2.11. The number of oxazole rings is 1. The molecule has 0 aliphatic heterocycles. The fourth-order valence-corrected chi connectivity index (χ4v) is 1.26. The van der Waals surface area contributed by atoms with Crippen LogP contribution in [0.3, 0.4) is 0 Å². The van der Waals surface area contributed by atoms with Gasteiger partial charge in [-0.1, -0.05) is 17.7 Å². The van der Waals surface area contributed by atoms with Crippen LogP contribution in [0.15, 0.2) is 34.9 Å². The van der Waals surface area contributed by atoms with E-state index in [0.717, 1.165) is 5.56 Å². The molecule has 17 heavy (non-hydrogen) atoms. The summed E-state index contributed by atoms with van der Waals surface area (Å²) < 4.78 is 10.2. The van der Waals surface area contributed by atoms with E-state index in [-0.39, 0.29) is 12.5 Å². The molecule has 0 fully saturated rings. The second-order valence-corrected chi connectivity index (χ2v) is 3.55. The van der Waals surface area contributed by atoms with Gasteiger partial charge >= 0.3 is 11.9 Å². The zero-order chi connectivity index (χ0) is 12.3. The predicted octanol–water partition coefficient (Wildman–Crippen LogP) is 2.26. The molecule has 1 aromatic heterocycles. The molecule has 0 spiro atoms. The van der Waals surface area contributed by atoms with E-state index in [2.05, 4.69) is 4.98 Å². The quantitative estimate of drug-likeness (QED) is 0.876. The van der Waals surface area contributed by atoms with Gasteiger partial charge in [0.1, 0.15) is 24.3 Å². The summed E-state index contributed by atoms with van der Waals surface area (Å²) in [5.41, 5.74) is 1.59. The lowest BCUT2D eigenvalue weighted by Crippen LogP contribution is -1.99. The number of nitrogens with zero attached hydrogens (tertiary/aromatic N) is 1. The Morgan fingerprint density at radius 3 is 2.71 bits per heavy atom. The minimum absolute atomic E-state index is 0.180. The van der Waals surface area contributed by atoms with E-state index in [1.54, 1.807) is 0 Å². The van der Waals surface area contributed by atoms with Gasteiger partial charge in [-0.05, 0) is 19.1 Å². The molecule has 0 amide bonds. The van der Waals surface area contributed by atoms with Gasteiger partial charge in [0.05, 0.1) is 0 Å². The second kappa shape index (κ2) is 4.69. The standard InChI is InChI=1S/C12H11NO4/c1-8-2-4-10(5-3-8)16-6-9-7-17-11(13-9)12(14)15/h2-5,7H,6H2,1H3,(H,14,15). The van der Waals surface area contributed by atoms with Gasteiger partial charge in [-0.15, -0.1) is 0 Å². The van der Waals surface area contributed by atoms with Crippen molar-refractivity contribution in [1.82, 2.24) is 4.98 Å². The number of rotatable bonds is 4. The number of aromatic nitrogens is 1. The molecule has 1 heterocycles. The van der Waals surface area contributed by atoms with Crippen molar-refractivity contribution < 1.29 is 19.1 Å². The van der Waals surface area contributed by atoms with Crippen molar-refractivity contribution in [3.8, 4) is 5.75 Å².